The van der Waals surface area contributed by atoms with E-state index in [0.717, 1.165) is 37.1 Å². The summed E-state index contributed by atoms with van der Waals surface area (Å²) in [6, 6.07) is 0. The van der Waals surface area contributed by atoms with Gasteiger partial charge in [-0.2, -0.15) is 0 Å². The molecule has 1 unspecified atom stereocenters. The first-order chi connectivity index (χ1) is 9.66. The number of carboxylic acids is 1. The Hall–Kier alpha value is -1.73. The molecule has 3 heterocycles. The Morgan fingerprint density at radius 2 is 2.45 bits per heavy atom. The van der Waals surface area contributed by atoms with Gasteiger partial charge in [0, 0.05) is 19.1 Å². The number of aromatic carboxylic acids is 1. The molecule has 0 amide bonds. The molecule has 0 spiro atoms. The molecule has 2 aromatic heterocycles. The summed E-state index contributed by atoms with van der Waals surface area (Å²) in [6.07, 6.45) is 2.52. The van der Waals surface area contributed by atoms with Gasteiger partial charge in [0.05, 0.1) is 12.0 Å². The van der Waals surface area contributed by atoms with E-state index in [1.54, 1.807) is 6.92 Å². The molecule has 0 saturated carbocycles. The number of rotatable bonds is 4. The lowest BCUT2D eigenvalue weighted by molar-refractivity contribution is 0.0701. The number of fused-ring (bicyclic) bond motifs is 1. The monoisotopic (exact) mass is 293 g/mol. The molecule has 0 bridgehead atoms. The zero-order valence-corrected chi connectivity index (χ0v) is 11.9. The third kappa shape index (κ3) is 2.34. The summed E-state index contributed by atoms with van der Waals surface area (Å²) in [4.78, 5) is 20.6. The van der Waals surface area contributed by atoms with E-state index in [1.165, 1.54) is 17.7 Å². The molecule has 2 N–H and O–H groups in total. The van der Waals surface area contributed by atoms with Crippen molar-refractivity contribution in [2.45, 2.75) is 13.3 Å². The van der Waals surface area contributed by atoms with E-state index in [2.05, 4.69) is 15.3 Å². The molecule has 3 rings (SSSR count). The summed E-state index contributed by atoms with van der Waals surface area (Å²) in [5.41, 5.74) is 0.725. The first kappa shape index (κ1) is 13.3. The highest BCUT2D eigenvalue weighted by Crippen LogP contribution is 2.33. The second-order valence-corrected chi connectivity index (χ2v) is 5.87. The number of aryl methyl sites for hydroxylation is 1. The number of thiophene rings is 1. The van der Waals surface area contributed by atoms with Gasteiger partial charge in [0.25, 0.3) is 0 Å². The van der Waals surface area contributed by atoms with Crippen molar-refractivity contribution >= 4 is 33.3 Å². The quantitative estimate of drug-likeness (QED) is 0.898. The highest BCUT2D eigenvalue weighted by Gasteiger charge is 2.20. The van der Waals surface area contributed by atoms with Crippen LogP contribution in [0.2, 0.25) is 0 Å². The van der Waals surface area contributed by atoms with Crippen molar-refractivity contribution in [1.82, 2.24) is 9.97 Å². The van der Waals surface area contributed by atoms with Crippen molar-refractivity contribution in [3.63, 3.8) is 0 Å². The zero-order valence-electron chi connectivity index (χ0n) is 11.0. The molecule has 6 nitrogen and oxygen atoms in total. The van der Waals surface area contributed by atoms with Gasteiger partial charge in [-0.25, -0.2) is 14.8 Å². The number of nitrogens with one attached hydrogen (secondary N) is 1. The van der Waals surface area contributed by atoms with E-state index in [4.69, 9.17) is 4.74 Å². The van der Waals surface area contributed by atoms with Crippen LogP contribution in [0.15, 0.2) is 6.33 Å². The van der Waals surface area contributed by atoms with Crippen LogP contribution in [0.1, 0.15) is 21.7 Å². The van der Waals surface area contributed by atoms with E-state index < -0.39 is 5.97 Å². The third-order valence-electron chi connectivity index (χ3n) is 3.50. The van der Waals surface area contributed by atoms with Crippen LogP contribution in [0.25, 0.3) is 10.2 Å². The van der Waals surface area contributed by atoms with Crippen LogP contribution in [0, 0.1) is 12.8 Å². The maximum absolute atomic E-state index is 11.2. The van der Waals surface area contributed by atoms with Gasteiger partial charge >= 0.3 is 5.97 Å². The molecule has 20 heavy (non-hydrogen) atoms. The average molecular weight is 293 g/mol. The number of anilines is 1. The van der Waals surface area contributed by atoms with Gasteiger partial charge in [0.1, 0.15) is 21.9 Å². The highest BCUT2D eigenvalue weighted by atomic mass is 32.1. The molecule has 1 atom stereocenters. The molecule has 2 aromatic rings. The minimum absolute atomic E-state index is 0.327. The van der Waals surface area contributed by atoms with Crippen LogP contribution in [0.3, 0.4) is 0 Å². The average Bonchev–Trinajstić information content (AvgIpc) is 3.05. The van der Waals surface area contributed by atoms with Gasteiger partial charge in [-0.15, -0.1) is 11.3 Å². The van der Waals surface area contributed by atoms with E-state index in [-0.39, 0.29) is 0 Å². The molecule has 7 heteroatoms. The molecule has 0 radical (unpaired) electrons. The smallest absolute Gasteiger partial charge is 0.346 e. The second-order valence-electron chi connectivity index (χ2n) is 4.87. The van der Waals surface area contributed by atoms with Crippen molar-refractivity contribution < 1.29 is 14.6 Å². The number of aromatic nitrogens is 2. The van der Waals surface area contributed by atoms with Gasteiger partial charge < -0.3 is 15.2 Å². The minimum Gasteiger partial charge on any atom is -0.477 e. The molecule has 0 aromatic carbocycles. The summed E-state index contributed by atoms with van der Waals surface area (Å²) in [6.45, 7) is 4.16. The Morgan fingerprint density at radius 1 is 1.60 bits per heavy atom. The van der Waals surface area contributed by atoms with E-state index in [9.17, 15) is 9.90 Å². The molecule has 106 valence electrons. The van der Waals surface area contributed by atoms with Crippen LogP contribution < -0.4 is 5.32 Å². The largest absolute Gasteiger partial charge is 0.477 e. The summed E-state index contributed by atoms with van der Waals surface area (Å²) in [5, 5.41) is 13.3. The lowest BCUT2D eigenvalue weighted by atomic mass is 10.1. The molecular formula is C13H15N3O3S. The Morgan fingerprint density at radius 3 is 3.15 bits per heavy atom. The van der Waals surface area contributed by atoms with Crippen LogP contribution in [-0.4, -0.2) is 40.8 Å². The van der Waals surface area contributed by atoms with Crippen molar-refractivity contribution in [2.75, 3.05) is 25.1 Å². The first-order valence-electron chi connectivity index (χ1n) is 6.46. The van der Waals surface area contributed by atoms with Crippen molar-refractivity contribution in [1.29, 1.82) is 0 Å². The molecule has 1 fully saturated rings. The predicted molar refractivity (Wildman–Crippen MR) is 76.5 cm³/mol. The lowest BCUT2D eigenvalue weighted by Crippen LogP contribution is -2.15. The Kier molecular flexibility index (Phi) is 3.54. The molecule has 0 aliphatic carbocycles. The highest BCUT2D eigenvalue weighted by molar-refractivity contribution is 7.20. The van der Waals surface area contributed by atoms with Gasteiger partial charge in [-0.05, 0) is 18.9 Å². The third-order valence-corrected chi connectivity index (χ3v) is 4.69. The standard InChI is InChI=1S/C13H15N3O3S/c1-7-9-11(14-4-8-2-3-19-5-8)15-6-16-12(9)20-10(7)13(17)18/h6,8H,2-5H2,1H3,(H,17,18)(H,14,15,16). The number of hydrogen-bond acceptors (Lipinski definition) is 6. The fourth-order valence-corrected chi connectivity index (χ4v) is 3.38. The number of ether oxygens (including phenoxy) is 1. The summed E-state index contributed by atoms with van der Waals surface area (Å²) in [5.74, 6) is 0.279. The molecule has 1 aliphatic rings. The van der Waals surface area contributed by atoms with Gasteiger partial charge in [0.15, 0.2) is 0 Å². The Bertz CT molecular complexity index is 650. The van der Waals surface area contributed by atoms with Crippen LogP contribution in [-0.2, 0) is 4.74 Å². The Labute approximate surface area is 119 Å². The fourth-order valence-electron chi connectivity index (χ4n) is 2.39. The second kappa shape index (κ2) is 5.34. The van der Waals surface area contributed by atoms with Crippen molar-refractivity contribution in [3.05, 3.63) is 16.8 Å². The Balaban J connectivity index is 1.91. The lowest BCUT2D eigenvalue weighted by Gasteiger charge is -2.10. The van der Waals surface area contributed by atoms with Crippen molar-refractivity contribution in [2.24, 2.45) is 5.92 Å². The number of carboxylic acid groups (broad SMARTS) is 1. The zero-order chi connectivity index (χ0) is 14.1. The molecule has 1 saturated heterocycles. The summed E-state index contributed by atoms with van der Waals surface area (Å²) >= 11 is 1.19. The molecular weight excluding hydrogens is 278 g/mol. The van der Waals surface area contributed by atoms with Gasteiger partial charge in [0.2, 0.25) is 0 Å². The van der Waals surface area contributed by atoms with Crippen LogP contribution in [0.5, 0.6) is 0 Å². The normalized spacial score (nSPS) is 18.6. The van der Waals surface area contributed by atoms with Crippen LogP contribution >= 0.6 is 11.3 Å². The summed E-state index contributed by atoms with van der Waals surface area (Å²) < 4.78 is 5.34. The maximum Gasteiger partial charge on any atom is 0.346 e. The van der Waals surface area contributed by atoms with Crippen LogP contribution in [0.4, 0.5) is 5.82 Å². The van der Waals surface area contributed by atoms with Gasteiger partial charge in [-0.1, -0.05) is 0 Å². The first-order valence-corrected chi connectivity index (χ1v) is 7.27. The van der Waals surface area contributed by atoms with Gasteiger partial charge in [-0.3, -0.25) is 0 Å². The molecule has 1 aliphatic heterocycles. The maximum atomic E-state index is 11.2. The predicted octanol–water partition coefficient (Wildman–Crippen LogP) is 2.15. The fraction of sp³-hybridized carbons (Fsp3) is 0.462. The minimum atomic E-state index is -0.916. The SMILES string of the molecule is Cc1c(C(=O)O)sc2ncnc(NCC3CCOC3)c12. The number of nitrogens with zero attached hydrogens (tertiary/aromatic N) is 2. The van der Waals surface area contributed by atoms with E-state index >= 15 is 0 Å². The van der Waals surface area contributed by atoms with E-state index in [1.807, 2.05) is 0 Å². The number of carbonyl (C=O) groups is 1. The topological polar surface area (TPSA) is 84.3 Å². The summed E-state index contributed by atoms with van der Waals surface area (Å²) in [7, 11) is 0. The van der Waals surface area contributed by atoms with E-state index in [0.29, 0.717) is 21.4 Å². The number of hydrogen-bond donors (Lipinski definition) is 2. The van der Waals surface area contributed by atoms with Crippen molar-refractivity contribution in [3.8, 4) is 0 Å².